The lowest BCUT2D eigenvalue weighted by molar-refractivity contribution is 0.0622. The van der Waals surface area contributed by atoms with E-state index in [9.17, 15) is 9.59 Å². The lowest BCUT2D eigenvalue weighted by atomic mass is 10.1. The molecule has 142 valence electrons. The molecule has 1 N–H and O–H groups in total. The minimum absolute atomic E-state index is 0.00780. The van der Waals surface area contributed by atoms with Crippen LogP contribution in [0.1, 0.15) is 33.2 Å². The van der Waals surface area contributed by atoms with E-state index in [-0.39, 0.29) is 5.91 Å². The number of carboxylic acid groups (broad SMARTS) is 1. The molecule has 6 heteroatoms. The molecule has 3 rings (SSSR count). The Kier molecular flexibility index (Phi) is 6.08. The minimum atomic E-state index is -0.916. The molecule has 1 saturated heterocycles. The standard InChI is InChI=1S/C21H24N2O4/c1-2-27-19-9-4-3-8-18(19)20(24)23-12-10-22(11-13-23)15-16-6-5-7-17(14-16)21(25)26/h3-9,14H,2,10-13,15H2,1H3,(H,25,26). The van der Waals surface area contributed by atoms with E-state index >= 15 is 0 Å². The van der Waals surface area contributed by atoms with E-state index in [0.29, 0.717) is 43.1 Å². The van der Waals surface area contributed by atoms with Crippen molar-refractivity contribution in [3.8, 4) is 5.75 Å². The first-order valence-corrected chi connectivity index (χ1v) is 9.14. The summed E-state index contributed by atoms with van der Waals surface area (Å²) in [5.41, 5.74) is 1.87. The molecule has 1 fully saturated rings. The lowest BCUT2D eigenvalue weighted by Gasteiger charge is -2.35. The maximum Gasteiger partial charge on any atom is 0.335 e. The van der Waals surface area contributed by atoms with Gasteiger partial charge in [0.15, 0.2) is 0 Å². The molecule has 0 saturated carbocycles. The number of ether oxygens (including phenoxy) is 1. The number of carbonyl (C=O) groups excluding carboxylic acids is 1. The molecule has 1 heterocycles. The van der Waals surface area contributed by atoms with Crippen LogP contribution in [-0.2, 0) is 6.54 Å². The Labute approximate surface area is 159 Å². The van der Waals surface area contributed by atoms with E-state index < -0.39 is 5.97 Å². The third kappa shape index (κ3) is 4.65. The van der Waals surface area contributed by atoms with Gasteiger partial charge in [-0.1, -0.05) is 24.3 Å². The first-order chi connectivity index (χ1) is 13.1. The average Bonchev–Trinajstić information content (AvgIpc) is 2.69. The molecule has 0 unspecified atom stereocenters. The van der Waals surface area contributed by atoms with Gasteiger partial charge in [0.2, 0.25) is 0 Å². The summed E-state index contributed by atoms with van der Waals surface area (Å²) in [6.45, 7) is 5.88. The number of benzene rings is 2. The van der Waals surface area contributed by atoms with Gasteiger partial charge in [0, 0.05) is 32.7 Å². The van der Waals surface area contributed by atoms with Crippen LogP contribution < -0.4 is 4.74 Å². The van der Waals surface area contributed by atoms with Crippen molar-refractivity contribution >= 4 is 11.9 Å². The number of hydrogen-bond acceptors (Lipinski definition) is 4. The number of carboxylic acids is 1. The number of nitrogens with zero attached hydrogens (tertiary/aromatic N) is 2. The fraction of sp³-hybridized carbons (Fsp3) is 0.333. The molecule has 0 aliphatic carbocycles. The number of aromatic carboxylic acids is 1. The Morgan fingerprint density at radius 2 is 1.78 bits per heavy atom. The predicted octanol–water partition coefficient (Wildman–Crippen LogP) is 2.74. The molecule has 2 aromatic rings. The van der Waals surface area contributed by atoms with Gasteiger partial charge in [-0.2, -0.15) is 0 Å². The second kappa shape index (κ2) is 8.68. The molecule has 6 nitrogen and oxygen atoms in total. The molecule has 0 bridgehead atoms. The average molecular weight is 368 g/mol. The fourth-order valence-electron chi connectivity index (χ4n) is 3.27. The molecule has 27 heavy (non-hydrogen) atoms. The van der Waals surface area contributed by atoms with Crippen molar-refractivity contribution < 1.29 is 19.4 Å². The molecule has 2 aromatic carbocycles. The summed E-state index contributed by atoms with van der Waals surface area (Å²) in [6.07, 6.45) is 0. The molecule has 0 spiro atoms. The van der Waals surface area contributed by atoms with Crippen LogP contribution >= 0.6 is 0 Å². The highest BCUT2D eigenvalue weighted by Gasteiger charge is 2.24. The predicted molar refractivity (Wildman–Crippen MR) is 102 cm³/mol. The Balaban J connectivity index is 1.60. The first kappa shape index (κ1) is 18.9. The minimum Gasteiger partial charge on any atom is -0.493 e. The summed E-state index contributed by atoms with van der Waals surface area (Å²) in [5, 5.41) is 9.11. The van der Waals surface area contributed by atoms with Gasteiger partial charge in [0.1, 0.15) is 5.75 Å². The number of rotatable bonds is 6. The van der Waals surface area contributed by atoms with Crippen LogP contribution in [0.15, 0.2) is 48.5 Å². The second-order valence-electron chi connectivity index (χ2n) is 6.50. The normalized spacial score (nSPS) is 14.8. The fourth-order valence-corrected chi connectivity index (χ4v) is 3.27. The van der Waals surface area contributed by atoms with Crippen molar-refractivity contribution in [3.05, 3.63) is 65.2 Å². The van der Waals surface area contributed by atoms with Crippen LogP contribution in [0.5, 0.6) is 5.75 Å². The van der Waals surface area contributed by atoms with Gasteiger partial charge in [0.25, 0.3) is 5.91 Å². The largest absolute Gasteiger partial charge is 0.493 e. The van der Waals surface area contributed by atoms with Crippen molar-refractivity contribution in [2.45, 2.75) is 13.5 Å². The van der Waals surface area contributed by atoms with Gasteiger partial charge in [-0.25, -0.2) is 4.79 Å². The van der Waals surface area contributed by atoms with Crippen LogP contribution in [0, 0.1) is 0 Å². The maximum atomic E-state index is 12.8. The smallest absolute Gasteiger partial charge is 0.335 e. The number of para-hydroxylation sites is 1. The highest BCUT2D eigenvalue weighted by atomic mass is 16.5. The lowest BCUT2D eigenvalue weighted by Crippen LogP contribution is -2.48. The molecule has 1 aliphatic heterocycles. The summed E-state index contributed by atoms with van der Waals surface area (Å²) in [6, 6.07) is 14.3. The van der Waals surface area contributed by atoms with E-state index in [0.717, 1.165) is 18.7 Å². The Morgan fingerprint density at radius 1 is 1.04 bits per heavy atom. The maximum absolute atomic E-state index is 12.8. The molecule has 1 amide bonds. The zero-order chi connectivity index (χ0) is 19.2. The SMILES string of the molecule is CCOc1ccccc1C(=O)N1CCN(Cc2cccc(C(=O)O)c2)CC1. The van der Waals surface area contributed by atoms with Crippen LogP contribution in [-0.4, -0.2) is 59.6 Å². The summed E-state index contributed by atoms with van der Waals surface area (Å²) >= 11 is 0. The summed E-state index contributed by atoms with van der Waals surface area (Å²) in [7, 11) is 0. The quantitative estimate of drug-likeness (QED) is 0.849. The molecule has 0 aromatic heterocycles. The van der Waals surface area contributed by atoms with E-state index in [4.69, 9.17) is 9.84 Å². The van der Waals surface area contributed by atoms with E-state index in [1.807, 2.05) is 36.1 Å². The Morgan fingerprint density at radius 3 is 2.48 bits per heavy atom. The van der Waals surface area contributed by atoms with Crippen LogP contribution in [0.3, 0.4) is 0 Å². The molecule has 1 aliphatic rings. The number of carbonyl (C=O) groups is 2. The summed E-state index contributed by atoms with van der Waals surface area (Å²) in [4.78, 5) is 28.0. The third-order valence-corrected chi connectivity index (χ3v) is 4.66. The zero-order valence-corrected chi connectivity index (χ0v) is 15.4. The Hall–Kier alpha value is -2.86. The second-order valence-corrected chi connectivity index (χ2v) is 6.50. The van der Waals surface area contributed by atoms with Gasteiger partial charge in [-0.15, -0.1) is 0 Å². The van der Waals surface area contributed by atoms with Gasteiger partial charge in [-0.05, 0) is 36.8 Å². The van der Waals surface area contributed by atoms with Gasteiger partial charge in [0.05, 0.1) is 17.7 Å². The number of piperazine rings is 1. The zero-order valence-electron chi connectivity index (χ0n) is 15.4. The molecule has 0 radical (unpaired) electrons. The van der Waals surface area contributed by atoms with Crippen molar-refractivity contribution in [3.63, 3.8) is 0 Å². The first-order valence-electron chi connectivity index (χ1n) is 9.14. The van der Waals surface area contributed by atoms with E-state index in [1.165, 1.54) is 0 Å². The van der Waals surface area contributed by atoms with Gasteiger partial charge in [-0.3, -0.25) is 9.69 Å². The topological polar surface area (TPSA) is 70.1 Å². The van der Waals surface area contributed by atoms with Crippen molar-refractivity contribution in [2.24, 2.45) is 0 Å². The highest BCUT2D eigenvalue weighted by molar-refractivity contribution is 5.97. The summed E-state index contributed by atoms with van der Waals surface area (Å²) in [5.74, 6) is -0.301. The number of hydrogen-bond donors (Lipinski definition) is 1. The number of amides is 1. The van der Waals surface area contributed by atoms with Crippen LogP contribution in [0.2, 0.25) is 0 Å². The van der Waals surface area contributed by atoms with Crippen molar-refractivity contribution in [1.82, 2.24) is 9.80 Å². The Bertz CT molecular complexity index is 813. The van der Waals surface area contributed by atoms with E-state index in [1.54, 1.807) is 24.3 Å². The third-order valence-electron chi connectivity index (χ3n) is 4.66. The van der Waals surface area contributed by atoms with Crippen molar-refractivity contribution in [2.75, 3.05) is 32.8 Å². The van der Waals surface area contributed by atoms with Gasteiger partial charge < -0.3 is 14.7 Å². The summed E-state index contributed by atoms with van der Waals surface area (Å²) < 4.78 is 5.57. The molecule has 0 atom stereocenters. The van der Waals surface area contributed by atoms with Crippen LogP contribution in [0.25, 0.3) is 0 Å². The van der Waals surface area contributed by atoms with Crippen LogP contribution in [0.4, 0.5) is 0 Å². The molecular weight excluding hydrogens is 344 g/mol. The molecular formula is C21H24N2O4. The van der Waals surface area contributed by atoms with E-state index in [2.05, 4.69) is 4.90 Å². The van der Waals surface area contributed by atoms with Crippen molar-refractivity contribution in [1.29, 1.82) is 0 Å². The van der Waals surface area contributed by atoms with Gasteiger partial charge >= 0.3 is 5.97 Å². The highest BCUT2D eigenvalue weighted by Crippen LogP contribution is 2.21. The monoisotopic (exact) mass is 368 g/mol.